The van der Waals surface area contributed by atoms with Crippen LogP contribution in [0.4, 0.5) is 0 Å². The minimum Gasteiger partial charge on any atom is -0.459 e. The van der Waals surface area contributed by atoms with Gasteiger partial charge in [-0.15, -0.1) is 0 Å². The number of rotatable bonds is 8. The number of aliphatic hydroxyl groups excluding tert-OH is 1. The standard InChI is InChI=1S/C24H32INO4/c1-2-29-24-19(4-3-11-27)20(16-7-9-18(25)10-8-16)14-22(30-24)23(28)26-21-13-15-5-6-17(21)12-15/h7-10,14-15,17,19-21,24,27H,2-6,11-13H2,1H3,(H,26,28)/t15?,17?,19-,20-,21?,24-/m1/s1. The lowest BCUT2D eigenvalue weighted by molar-refractivity contribution is -0.167. The average Bonchev–Trinajstić information content (AvgIpc) is 3.36. The van der Waals surface area contributed by atoms with Crippen molar-refractivity contribution < 1.29 is 19.4 Å². The maximum Gasteiger partial charge on any atom is 0.286 e. The first-order chi connectivity index (χ1) is 14.6. The Bertz CT molecular complexity index is 765. The molecule has 4 rings (SSSR count). The van der Waals surface area contributed by atoms with E-state index in [4.69, 9.17) is 9.47 Å². The smallest absolute Gasteiger partial charge is 0.286 e. The van der Waals surface area contributed by atoms with Crippen molar-refractivity contribution in [2.45, 2.75) is 63.7 Å². The minimum atomic E-state index is -0.489. The van der Waals surface area contributed by atoms with Gasteiger partial charge in [-0.05, 0) is 97.2 Å². The summed E-state index contributed by atoms with van der Waals surface area (Å²) < 4.78 is 13.2. The third-order valence-electron chi connectivity index (χ3n) is 6.94. The molecule has 1 aromatic rings. The second-order valence-electron chi connectivity index (χ2n) is 8.83. The van der Waals surface area contributed by atoms with Gasteiger partial charge in [-0.3, -0.25) is 4.79 Å². The average molecular weight is 525 g/mol. The first-order valence-corrected chi connectivity index (χ1v) is 12.3. The van der Waals surface area contributed by atoms with E-state index in [1.54, 1.807) is 0 Å². The topological polar surface area (TPSA) is 67.8 Å². The third-order valence-corrected chi connectivity index (χ3v) is 7.66. The van der Waals surface area contributed by atoms with Crippen LogP contribution in [0.5, 0.6) is 0 Å². The number of fused-ring (bicyclic) bond motifs is 2. The van der Waals surface area contributed by atoms with Crippen LogP contribution in [0.25, 0.3) is 0 Å². The summed E-state index contributed by atoms with van der Waals surface area (Å²) in [6.07, 6.45) is 7.82. The molecule has 0 saturated heterocycles. The molecule has 1 aliphatic heterocycles. The Morgan fingerprint density at radius 3 is 2.70 bits per heavy atom. The SMILES string of the molecule is CCO[C@@H]1OC(C(=O)NC2CC3CCC2C3)=C[C@H](c2ccc(I)cc2)[C@H]1CCCO. The van der Waals surface area contributed by atoms with E-state index < -0.39 is 6.29 Å². The summed E-state index contributed by atoms with van der Waals surface area (Å²) in [6.45, 7) is 2.59. The molecule has 1 amide bonds. The van der Waals surface area contributed by atoms with Gasteiger partial charge in [0, 0.05) is 34.7 Å². The van der Waals surface area contributed by atoms with Crippen molar-refractivity contribution in [3.05, 3.63) is 45.2 Å². The van der Waals surface area contributed by atoms with E-state index in [1.807, 2.05) is 13.0 Å². The highest BCUT2D eigenvalue weighted by atomic mass is 127. The van der Waals surface area contributed by atoms with E-state index in [0.29, 0.717) is 24.7 Å². The number of carbonyl (C=O) groups excluding carboxylic acids is 1. The van der Waals surface area contributed by atoms with Gasteiger partial charge >= 0.3 is 0 Å². The Balaban J connectivity index is 1.58. The van der Waals surface area contributed by atoms with Crippen molar-refractivity contribution in [2.75, 3.05) is 13.2 Å². The lowest BCUT2D eigenvalue weighted by atomic mass is 9.80. The molecule has 2 bridgehead atoms. The molecule has 2 fully saturated rings. The van der Waals surface area contributed by atoms with Crippen molar-refractivity contribution in [3.63, 3.8) is 0 Å². The highest BCUT2D eigenvalue weighted by Gasteiger charge is 2.42. The van der Waals surface area contributed by atoms with Gasteiger partial charge in [-0.25, -0.2) is 0 Å². The summed E-state index contributed by atoms with van der Waals surface area (Å²) in [7, 11) is 0. The maximum absolute atomic E-state index is 13.1. The molecule has 2 saturated carbocycles. The van der Waals surface area contributed by atoms with Gasteiger partial charge in [-0.1, -0.05) is 18.6 Å². The monoisotopic (exact) mass is 525 g/mol. The van der Waals surface area contributed by atoms with Crippen LogP contribution in [0.3, 0.4) is 0 Å². The Hall–Kier alpha value is -1.12. The lowest BCUT2D eigenvalue weighted by Gasteiger charge is -2.37. The van der Waals surface area contributed by atoms with Crippen LogP contribution < -0.4 is 5.32 Å². The van der Waals surface area contributed by atoms with Gasteiger partial charge in [0.05, 0.1) is 0 Å². The quantitative estimate of drug-likeness (QED) is 0.496. The van der Waals surface area contributed by atoms with Gasteiger partial charge in [0.2, 0.25) is 6.29 Å². The summed E-state index contributed by atoms with van der Waals surface area (Å²) in [5.41, 5.74) is 1.15. The molecule has 30 heavy (non-hydrogen) atoms. The van der Waals surface area contributed by atoms with Crippen molar-refractivity contribution in [2.24, 2.45) is 17.8 Å². The molecule has 0 spiro atoms. The number of amides is 1. The largest absolute Gasteiger partial charge is 0.459 e. The molecule has 3 aliphatic rings. The number of benzene rings is 1. The van der Waals surface area contributed by atoms with Crippen LogP contribution in [-0.4, -0.2) is 36.6 Å². The molecule has 1 aromatic carbocycles. The Morgan fingerprint density at radius 2 is 2.07 bits per heavy atom. The number of carbonyl (C=O) groups is 1. The second-order valence-corrected chi connectivity index (χ2v) is 10.1. The highest BCUT2D eigenvalue weighted by molar-refractivity contribution is 14.1. The molecule has 164 valence electrons. The first kappa shape index (κ1) is 22.1. The van der Waals surface area contributed by atoms with E-state index in [-0.39, 0.29) is 30.4 Å². The number of hydrogen-bond acceptors (Lipinski definition) is 4. The molecule has 2 aliphatic carbocycles. The zero-order chi connectivity index (χ0) is 21.1. The predicted molar refractivity (Wildman–Crippen MR) is 124 cm³/mol. The first-order valence-electron chi connectivity index (χ1n) is 11.3. The molecule has 6 heteroatoms. The molecular formula is C24H32INO4. The van der Waals surface area contributed by atoms with E-state index in [9.17, 15) is 9.90 Å². The van der Waals surface area contributed by atoms with Gasteiger partial charge in [0.1, 0.15) is 0 Å². The van der Waals surface area contributed by atoms with Crippen LogP contribution in [0.15, 0.2) is 36.1 Å². The molecule has 3 unspecified atom stereocenters. The van der Waals surface area contributed by atoms with E-state index in [0.717, 1.165) is 24.3 Å². The molecule has 5 nitrogen and oxygen atoms in total. The van der Waals surface area contributed by atoms with Gasteiger partial charge in [0.15, 0.2) is 5.76 Å². The zero-order valence-electron chi connectivity index (χ0n) is 17.6. The van der Waals surface area contributed by atoms with Gasteiger partial charge in [0.25, 0.3) is 5.91 Å². The summed E-state index contributed by atoms with van der Waals surface area (Å²) in [5.74, 6) is 1.72. The normalized spacial score (nSPS) is 32.6. The fraction of sp³-hybridized carbons (Fsp3) is 0.625. The molecule has 0 aromatic heterocycles. The Morgan fingerprint density at radius 1 is 1.27 bits per heavy atom. The summed E-state index contributed by atoms with van der Waals surface area (Å²) in [4.78, 5) is 13.1. The second kappa shape index (κ2) is 10.0. The van der Waals surface area contributed by atoms with Crippen LogP contribution in [-0.2, 0) is 14.3 Å². The third kappa shape index (κ3) is 4.86. The number of halogens is 1. The molecule has 6 atom stereocenters. The molecular weight excluding hydrogens is 493 g/mol. The summed E-state index contributed by atoms with van der Waals surface area (Å²) >= 11 is 2.30. The van der Waals surface area contributed by atoms with E-state index in [1.165, 1.54) is 22.8 Å². The Kier molecular flexibility index (Phi) is 7.36. The van der Waals surface area contributed by atoms with Crippen molar-refractivity contribution in [1.29, 1.82) is 0 Å². The number of hydrogen-bond donors (Lipinski definition) is 2. The van der Waals surface area contributed by atoms with Gasteiger partial charge < -0.3 is 19.9 Å². The van der Waals surface area contributed by atoms with Crippen molar-refractivity contribution >= 4 is 28.5 Å². The molecule has 0 radical (unpaired) electrons. The summed E-state index contributed by atoms with van der Waals surface area (Å²) in [5, 5.41) is 12.6. The number of ether oxygens (including phenoxy) is 2. The fourth-order valence-electron chi connectivity index (χ4n) is 5.49. The van der Waals surface area contributed by atoms with Crippen LogP contribution in [0, 0.1) is 21.3 Å². The van der Waals surface area contributed by atoms with Crippen LogP contribution in [0.2, 0.25) is 0 Å². The molecule has 2 N–H and O–H groups in total. The summed E-state index contributed by atoms with van der Waals surface area (Å²) in [6, 6.07) is 8.69. The number of allylic oxidation sites excluding steroid dienone is 1. The van der Waals surface area contributed by atoms with Crippen molar-refractivity contribution in [1.82, 2.24) is 5.32 Å². The zero-order valence-corrected chi connectivity index (χ0v) is 19.7. The van der Waals surface area contributed by atoms with Crippen LogP contribution in [0.1, 0.15) is 56.9 Å². The maximum atomic E-state index is 13.1. The minimum absolute atomic E-state index is 0.0135. The fourth-order valence-corrected chi connectivity index (χ4v) is 5.85. The molecule has 1 heterocycles. The highest BCUT2D eigenvalue weighted by Crippen LogP contribution is 2.45. The number of nitrogens with one attached hydrogen (secondary N) is 1. The lowest BCUT2D eigenvalue weighted by Crippen LogP contribution is -2.43. The van der Waals surface area contributed by atoms with E-state index >= 15 is 0 Å². The van der Waals surface area contributed by atoms with Crippen LogP contribution >= 0.6 is 22.6 Å². The number of aliphatic hydroxyl groups is 1. The Labute approximate surface area is 192 Å². The van der Waals surface area contributed by atoms with Crippen molar-refractivity contribution in [3.8, 4) is 0 Å². The van der Waals surface area contributed by atoms with Gasteiger partial charge in [-0.2, -0.15) is 0 Å². The predicted octanol–water partition coefficient (Wildman–Crippen LogP) is 4.35. The van der Waals surface area contributed by atoms with E-state index in [2.05, 4.69) is 52.2 Å².